The molecule has 4 atom stereocenters. The van der Waals surface area contributed by atoms with Gasteiger partial charge in [-0.15, -0.1) is 0 Å². The van der Waals surface area contributed by atoms with E-state index in [0.717, 1.165) is 11.1 Å². The molecule has 8 heteroatoms. The van der Waals surface area contributed by atoms with Crippen molar-refractivity contribution in [3.8, 4) is 5.75 Å². The molecule has 0 radical (unpaired) electrons. The second kappa shape index (κ2) is 8.61. The van der Waals surface area contributed by atoms with Gasteiger partial charge in [0.15, 0.2) is 5.78 Å². The standard InChI is InChI=1S/C28H20BrClN2O4/c1-36-21-11-6-16(14-20(21)29)26(33)25-23-22(24-19-5-3-2-4-15(19)12-13-31(24)25)27(34)32(28(23)35)18-9-7-17(30)8-10-18/h2-14,22-25H,1H3/t22-,23+,24-,25-/m0/s1. The first-order valence-electron chi connectivity index (χ1n) is 11.5. The van der Waals surface area contributed by atoms with Crippen molar-refractivity contribution in [1.29, 1.82) is 0 Å². The van der Waals surface area contributed by atoms with E-state index in [1.165, 1.54) is 4.90 Å². The molecule has 0 N–H and O–H groups in total. The molecule has 3 aliphatic heterocycles. The maximum Gasteiger partial charge on any atom is 0.240 e. The topological polar surface area (TPSA) is 66.9 Å². The van der Waals surface area contributed by atoms with Gasteiger partial charge >= 0.3 is 0 Å². The van der Waals surface area contributed by atoms with Crippen LogP contribution in [0.5, 0.6) is 5.75 Å². The van der Waals surface area contributed by atoms with Crippen LogP contribution < -0.4 is 9.64 Å². The molecule has 0 bridgehead atoms. The second-order valence-electron chi connectivity index (χ2n) is 9.03. The van der Waals surface area contributed by atoms with Crippen molar-refractivity contribution in [2.75, 3.05) is 12.0 Å². The van der Waals surface area contributed by atoms with Crippen molar-refractivity contribution < 1.29 is 19.1 Å². The Kier molecular flexibility index (Phi) is 5.50. The summed E-state index contributed by atoms with van der Waals surface area (Å²) in [6.45, 7) is 0. The van der Waals surface area contributed by atoms with E-state index in [4.69, 9.17) is 16.3 Å². The maximum atomic E-state index is 14.0. The van der Waals surface area contributed by atoms with Gasteiger partial charge in [-0.25, -0.2) is 4.90 Å². The number of benzene rings is 3. The van der Waals surface area contributed by atoms with Gasteiger partial charge in [-0.05, 0) is 75.6 Å². The smallest absolute Gasteiger partial charge is 0.240 e. The van der Waals surface area contributed by atoms with Crippen LogP contribution in [0.25, 0.3) is 6.08 Å². The number of rotatable bonds is 4. The SMILES string of the molecule is COc1ccc(C(=O)[C@@H]2[C@@H]3C(=O)N(c4ccc(Cl)cc4)C(=O)[C@@H]3[C@@H]3c4ccccc4C=CN23)cc1Br. The number of fused-ring (bicyclic) bond motifs is 5. The van der Waals surface area contributed by atoms with Crippen LogP contribution in [0.1, 0.15) is 27.5 Å². The summed E-state index contributed by atoms with van der Waals surface area (Å²) >= 11 is 9.49. The highest BCUT2D eigenvalue weighted by atomic mass is 79.9. The molecule has 3 aromatic rings. The van der Waals surface area contributed by atoms with Crippen LogP contribution >= 0.6 is 27.5 Å². The molecule has 0 aliphatic carbocycles. The summed E-state index contributed by atoms with van der Waals surface area (Å²) in [5.74, 6) is -1.84. The minimum absolute atomic E-state index is 0.223. The van der Waals surface area contributed by atoms with Gasteiger partial charge in [0.2, 0.25) is 11.8 Å². The summed E-state index contributed by atoms with van der Waals surface area (Å²) in [6, 6.07) is 18.2. The molecule has 6 rings (SSSR count). The molecule has 3 heterocycles. The van der Waals surface area contributed by atoms with Gasteiger partial charge in [-0.2, -0.15) is 0 Å². The highest BCUT2D eigenvalue weighted by molar-refractivity contribution is 9.10. The van der Waals surface area contributed by atoms with Gasteiger partial charge < -0.3 is 9.64 Å². The number of amides is 2. The van der Waals surface area contributed by atoms with E-state index in [2.05, 4.69) is 15.9 Å². The van der Waals surface area contributed by atoms with Crippen LogP contribution in [0.3, 0.4) is 0 Å². The number of methoxy groups -OCH3 is 1. The fourth-order valence-corrected chi connectivity index (χ4v) is 6.36. The summed E-state index contributed by atoms with van der Waals surface area (Å²) < 4.78 is 5.94. The molecule has 0 saturated carbocycles. The molecule has 36 heavy (non-hydrogen) atoms. The third kappa shape index (κ3) is 3.33. The monoisotopic (exact) mass is 562 g/mol. The number of anilines is 1. The van der Waals surface area contributed by atoms with Gasteiger partial charge in [0.05, 0.1) is 35.1 Å². The summed E-state index contributed by atoms with van der Waals surface area (Å²) in [5, 5.41) is 0.508. The Morgan fingerprint density at radius 3 is 2.42 bits per heavy atom. The van der Waals surface area contributed by atoms with E-state index in [1.807, 2.05) is 41.4 Å². The third-order valence-electron chi connectivity index (χ3n) is 7.25. The lowest BCUT2D eigenvalue weighted by Crippen LogP contribution is -2.44. The number of hydrogen-bond acceptors (Lipinski definition) is 5. The fourth-order valence-electron chi connectivity index (χ4n) is 5.69. The first-order chi connectivity index (χ1) is 17.4. The Hall–Kier alpha value is -3.42. The number of hydrogen-bond donors (Lipinski definition) is 0. The second-order valence-corrected chi connectivity index (χ2v) is 10.3. The number of Topliss-reactive ketones (excluding diaryl/α,β-unsaturated/α-hetero) is 1. The van der Waals surface area contributed by atoms with Crippen LogP contribution in [0.4, 0.5) is 5.69 Å². The zero-order valence-electron chi connectivity index (χ0n) is 19.1. The number of halogens is 2. The molecular weight excluding hydrogens is 544 g/mol. The number of nitrogens with zero attached hydrogens (tertiary/aromatic N) is 2. The summed E-state index contributed by atoms with van der Waals surface area (Å²) in [6.07, 6.45) is 3.78. The maximum absolute atomic E-state index is 14.0. The molecule has 2 saturated heterocycles. The average molecular weight is 564 g/mol. The lowest BCUT2D eigenvalue weighted by molar-refractivity contribution is -0.123. The lowest BCUT2D eigenvalue weighted by atomic mass is 9.83. The van der Waals surface area contributed by atoms with Crippen LogP contribution in [-0.4, -0.2) is 35.6 Å². The third-order valence-corrected chi connectivity index (χ3v) is 8.12. The molecule has 0 spiro atoms. The van der Waals surface area contributed by atoms with E-state index in [1.54, 1.807) is 49.6 Å². The highest BCUT2D eigenvalue weighted by Crippen LogP contribution is 2.53. The van der Waals surface area contributed by atoms with Crippen LogP contribution in [0, 0.1) is 11.8 Å². The van der Waals surface area contributed by atoms with E-state index >= 15 is 0 Å². The summed E-state index contributed by atoms with van der Waals surface area (Å²) in [7, 11) is 1.55. The molecule has 3 aliphatic rings. The van der Waals surface area contributed by atoms with Crippen molar-refractivity contribution in [2.45, 2.75) is 12.1 Å². The Balaban J connectivity index is 1.48. The summed E-state index contributed by atoms with van der Waals surface area (Å²) in [5.41, 5.74) is 2.79. The first-order valence-corrected chi connectivity index (χ1v) is 12.6. The van der Waals surface area contributed by atoms with Crippen LogP contribution in [0.2, 0.25) is 5.02 Å². The zero-order chi connectivity index (χ0) is 25.1. The van der Waals surface area contributed by atoms with Crippen molar-refractivity contribution >= 4 is 56.9 Å². The van der Waals surface area contributed by atoms with E-state index < -0.39 is 23.9 Å². The Labute approximate surface area is 221 Å². The van der Waals surface area contributed by atoms with Crippen molar-refractivity contribution in [2.24, 2.45) is 11.8 Å². The number of imide groups is 1. The predicted octanol–water partition coefficient (Wildman–Crippen LogP) is 5.51. The Morgan fingerprint density at radius 2 is 1.69 bits per heavy atom. The van der Waals surface area contributed by atoms with Crippen LogP contribution in [0.15, 0.2) is 77.4 Å². The molecule has 180 valence electrons. The van der Waals surface area contributed by atoms with Gasteiger partial charge in [-0.3, -0.25) is 14.4 Å². The van der Waals surface area contributed by atoms with E-state index in [9.17, 15) is 14.4 Å². The average Bonchev–Trinajstić information content (AvgIpc) is 3.36. The Morgan fingerprint density at radius 1 is 0.972 bits per heavy atom. The molecule has 0 aromatic heterocycles. The molecule has 0 unspecified atom stereocenters. The number of ether oxygens (including phenoxy) is 1. The molecule has 6 nitrogen and oxygen atoms in total. The van der Waals surface area contributed by atoms with Gasteiger partial charge in [-0.1, -0.05) is 35.9 Å². The molecule has 3 aromatic carbocycles. The lowest BCUT2D eigenvalue weighted by Gasteiger charge is -2.35. The quantitative estimate of drug-likeness (QED) is 0.309. The molecular formula is C28H20BrClN2O4. The highest BCUT2D eigenvalue weighted by Gasteiger charge is 2.64. The van der Waals surface area contributed by atoms with Gasteiger partial charge in [0.25, 0.3) is 0 Å². The first kappa shape index (κ1) is 23.0. The van der Waals surface area contributed by atoms with Crippen molar-refractivity contribution in [3.63, 3.8) is 0 Å². The number of carbonyl (C=O) groups is 3. The minimum Gasteiger partial charge on any atom is -0.496 e. The summed E-state index contributed by atoms with van der Waals surface area (Å²) in [4.78, 5) is 44.9. The van der Waals surface area contributed by atoms with Gasteiger partial charge in [0.1, 0.15) is 11.8 Å². The van der Waals surface area contributed by atoms with Crippen molar-refractivity contribution in [1.82, 2.24) is 4.90 Å². The molecule has 2 amide bonds. The predicted molar refractivity (Wildman–Crippen MR) is 140 cm³/mol. The van der Waals surface area contributed by atoms with E-state index in [0.29, 0.717) is 26.5 Å². The minimum atomic E-state index is -0.835. The largest absolute Gasteiger partial charge is 0.496 e. The normalized spacial score (nSPS) is 24.0. The Bertz CT molecular complexity index is 1450. The van der Waals surface area contributed by atoms with E-state index in [-0.39, 0.29) is 17.6 Å². The van der Waals surface area contributed by atoms with Crippen LogP contribution in [-0.2, 0) is 9.59 Å². The number of carbonyl (C=O) groups excluding carboxylic acids is 3. The van der Waals surface area contributed by atoms with Crippen molar-refractivity contribution in [3.05, 3.63) is 99.1 Å². The molecule has 2 fully saturated rings. The number of ketones is 1. The zero-order valence-corrected chi connectivity index (χ0v) is 21.4. The van der Waals surface area contributed by atoms with Gasteiger partial charge in [0, 0.05) is 16.8 Å². The fraction of sp³-hybridized carbons (Fsp3) is 0.179.